The molecule has 2 aliphatic rings. The normalized spacial score (nSPS) is 21.1. The molecule has 3 aromatic carbocycles. The first-order chi connectivity index (χ1) is 17.5. The summed E-state index contributed by atoms with van der Waals surface area (Å²) >= 11 is 3.55. The zero-order valence-electron chi connectivity index (χ0n) is 20.1. The average molecular weight is 551 g/mol. The summed E-state index contributed by atoms with van der Waals surface area (Å²) in [6, 6.07) is 21.7. The summed E-state index contributed by atoms with van der Waals surface area (Å²) in [4.78, 5) is 34.7. The van der Waals surface area contributed by atoms with Gasteiger partial charge in [0.2, 0.25) is 5.91 Å². The van der Waals surface area contributed by atoms with Gasteiger partial charge in [0.15, 0.2) is 6.10 Å². The highest BCUT2D eigenvalue weighted by atomic mass is 79.9. The second-order valence-corrected chi connectivity index (χ2v) is 9.61. The molecule has 3 aromatic rings. The van der Waals surface area contributed by atoms with Gasteiger partial charge in [-0.1, -0.05) is 37.6 Å². The molecule has 5 rings (SSSR count). The third-order valence-corrected chi connectivity index (χ3v) is 7.12. The van der Waals surface area contributed by atoms with Gasteiger partial charge >= 0.3 is 0 Å². The highest BCUT2D eigenvalue weighted by Gasteiger charge is 2.60. The quantitative estimate of drug-likeness (QED) is 0.265. The minimum Gasteiger partial charge on any atom is -0.496 e. The van der Waals surface area contributed by atoms with Gasteiger partial charge in [-0.05, 0) is 76.4 Å². The molecule has 0 aromatic heterocycles. The van der Waals surface area contributed by atoms with E-state index in [0.29, 0.717) is 23.8 Å². The van der Waals surface area contributed by atoms with Gasteiger partial charge in [-0.15, -0.1) is 0 Å². The molecule has 2 aliphatic heterocycles. The van der Waals surface area contributed by atoms with E-state index in [-0.39, 0.29) is 11.8 Å². The molecular weight excluding hydrogens is 524 g/mol. The number of anilines is 2. The highest BCUT2D eigenvalue weighted by Crippen LogP contribution is 2.48. The summed E-state index contributed by atoms with van der Waals surface area (Å²) < 4.78 is 11.9. The fourth-order valence-electron chi connectivity index (χ4n) is 4.70. The molecular formula is C28H27BrN2O5. The van der Waals surface area contributed by atoms with E-state index in [2.05, 4.69) is 22.9 Å². The third kappa shape index (κ3) is 4.35. The summed E-state index contributed by atoms with van der Waals surface area (Å²) in [5.74, 6) is 0.00953. The molecule has 2 heterocycles. The van der Waals surface area contributed by atoms with E-state index in [0.717, 1.165) is 28.6 Å². The van der Waals surface area contributed by atoms with Gasteiger partial charge in [0.05, 0.1) is 35.6 Å². The van der Waals surface area contributed by atoms with Crippen LogP contribution in [0.1, 0.15) is 31.4 Å². The van der Waals surface area contributed by atoms with Crippen LogP contribution in [0.25, 0.3) is 0 Å². The highest BCUT2D eigenvalue weighted by molar-refractivity contribution is 9.10. The maximum atomic E-state index is 13.8. The Kier molecular flexibility index (Phi) is 6.98. The summed E-state index contributed by atoms with van der Waals surface area (Å²) in [5, 5.41) is 1.68. The third-order valence-electron chi connectivity index (χ3n) is 6.51. The van der Waals surface area contributed by atoms with Crippen molar-refractivity contribution >= 4 is 39.1 Å². The number of nitrogens with zero attached hydrogens (tertiary/aromatic N) is 2. The van der Waals surface area contributed by atoms with Crippen LogP contribution in [-0.2, 0) is 14.4 Å². The van der Waals surface area contributed by atoms with Gasteiger partial charge in [-0.3, -0.25) is 14.4 Å². The first-order valence-corrected chi connectivity index (χ1v) is 12.8. The number of para-hydroxylation sites is 1. The van der Waals surface area contributed by atoms with Crippen LogP contribution in [0.15, 0.2) is 77.3 Å². The molecule has 0 radical (unpaired) electrons. The van der Waals surface area contributed by atoms with Crippen molar-refractivity contribution < 1.29 is 23.9 Å². The van der Waals surface area contributed by atoms with Gasteiger partial charge in [0.25, 0.3) is 5.91 Å². The van der Waals surface area contributed by atoms with E-state index in [1.807, 2.05) is 48.5 Å². The van der Waals surface area contributed by atoms with Gasteiger partial charge in [0, 0.05) is 0 Å². The Balaban J connectivity index is 1.48. The Bertz CT molecular complexity index is 1250. The monoisotopic (exact) mass is 550 g/mol. The fourth-order valence-corrected chi connectivity index (χ4v) is 5.26. The number of fused-ring (bicyclic) bond motifs is 1. The van der Waals surface area contributed by atoms with E-state index >= 15 is 0 Å². The second-order valence-electron chi connectivity index (χ2n) is 8.76. The van der Waals surface area contributed by atoms with Gasteiger partial charge in [-0.2, -0.15) is 0 Å². The molecule has 36 heavy (non-hydrogen) atoms. The molecule has 2 amide bonds. The molecule has 7 nitrogen and oxygen atoms in total. The van der Waals surface area contributed by atoms with Gasteiger partial charge in [0.1, 0.15) is 17.4 Å². The number of benzene rings is 3. The number of hydrogen-bond donors (Lipinski definition) is 0. The lowest BCUT2D eigenvalue weighted by atomic mass is 9.90. The zero-order valence-corrected chi connectivity index (χ0v) is 21.7. The standard InChI is InChI=1S/C28H27BrN2O5/c1-3-4-16-35-21-13-11-19(12-14-21)30-27(32)24-25(18-10-15-23(34-2)22(29)17-18)31(36-26(24)28(30)33)20-8-6-5-7-9-20/h5-15,17,24-26H,3-4,16H2,1-2H3/t24-,25-,26-/m0/s1. The molecule has 0 spiro atoms. The second kappa shape index (κ2) is 10.3. The van der Waals surface area contributed by atoms with Crippen molar-refractivity contribution in [1.29, 1.82) is 0 Å². The Labute approximate surface area is 218 Å². The molecule has 0 bridgehead atoms. The van der Waals surface area contributed by atoms with Crippen LogP contribution >= 0.6 is 15.9 Å². The van der Waals surface area contributed by atoms with Crippen LogP contribution in [0.3, 0.4) is 0 Å². The largest absolute Gasteiger partial charge is 0.496 e. The summed E-state index contributed by atoms with van der Waals surface area (Å²) in [7, 11) is 1.60. The van der Waals surface area contributed by atoms with Crippen LogP contribution < -0.4 is 19.4 Å². The van der Waals surface area contributed by atoms with Crippen molar-refractivity contribution in [3.05, 3.63) is 82.8 Å². The molecule has 2 fully saturated rings. The minimum atomic E-state index is -0.927. The number of amides is 2. The number of carbonyl (C=O) groups is 2. The Morgan fingerprint density at radius 1 is 0.944 bits per heavy atom. The number of imide groups is 1. The fraction of sp³-hybridized carbons (Fsp3) is 0.286. The minimum absolute atomic E-state index is 0.292. The Morgan fingerprint density at radius 2 is 1.69 bits per heavy atom. The number of ether oxygens (including phenoxy) is 2. The summed E-state index contributed by atoms with van der Waals surface area (Å²) in [6.45, 7) is 2.73. The maximum absolute atomic E-state index is 13.8. The van der Waals surface area contributed by atoms with E-state index in [1.54, 1.807) is 36.4 Å². The lowest BCUT2D eigenvalue weighted by Gasteiger charge is -2.29. The van der Waals surface area contributed by atoms with Crippen LogP contribution in [0, 0.1) is 5.92 Å². The van der Waals surface area contributed by atoms with Crippen molar-refractivity contribution in [2.24, 2.45) is 5.92 Å². The van der Waals surface area contributed by atoms with Crippen LogP contribution in [0.4, 0.5) is 11.4 Å². The number of rotatable bonds is 8. The number of hydroxylamine groups is 1. The lowest BCUT2D eigenvalue weighted by molar-refractivity contribution is -0.126. The molecule has 8 heteroatoms. The van der Waals surface area contributed by atoms with Crippen molar-refractivity contribution in [2.45, 2.75) is 31.9 Å². The molecule has 186 valence electrons. The van der Waals surface area contributed by atoms with Crippen LogP contribution in [0.5, 0.6) is 11.5 Å². The molecule has 3 atom stereocenters. The molecule has 2 saturated heterocycles. The van der Waals surface area contributed by atoms with Gasteiger partial charge in [-0.25, -0.2) is 9.96 Å². The van der Waals surface area contributed by atoms with E-state index in [4.69, 9.17) is 14.3 Å². The predicted octanol–water partition coefficient (Wildman–Crippen LogP) is 5.69. The Morgan fingerprint density at radius 3 is 2.36 bits per heavy atom. The predicted molar refractivity (Wildman–Crippen MR) is 140 cm³/mol. The SMILES string of the molecule is CCCCOc1ccc(N2C(=O)[C@@H]3[C@H](ON(c4ccccc4)[C@H]3c3ccc(OC)c(Br)c3)C2=O)cc1. The van der Waals surface area contributed by atoms with E-state index < -0.39 is 18.1 Å². The number of unbranched alkanes of at least 4 members (excludes halogenated alkanes) is 1. The van der Waals surface area contributed by atoms with Crippen LogP contribution in [0.2, 0.25) is 0 Å². The van der Waals surface area contributed by atoms with Crippen molar-refractivity contribution in [3.8, 4) is 11.5 Å². The molecule has 0 N–H and O–H groups in total. The average Bonchev–Trinajstić information content (AvgIpc) is 3.41. The summed E-state index contributed by atoms with van der Waals surface area (Å²) in [5.41, 5.74) is 2.11. The maximum Gasteiger partial charge on any atom is 0.266 e. The Hall–Kier alpha value is -3.36. The van der Waals surface area contributed by atoms with Gasteiger partial charge < -0.3 is 9.47 Å². The van der Waals surface area contributed by atoms with Crippen LogP contribution in [-0.4, -0.2) is 31.6 Å². The van der Waals surface area contributed by atoms with Crippen molar-refractivity contribution in [2.75, 3.05) is 23.7 Å². The smallest absolute Gasteiger partial charge is 0.266 e. The van der Waals surface area contributed by atoms with E-state index in [1.165, 1.54) is 4.90 Å². The van der Waals surface area contributed by atoms with Crippen molar-refractivity contribution in [3.63, 3.8) is 0 Å². The zero-order chi connectivity index (χ0) is 25.2. The van der Waals surface area contributed by atoms with Crippen molar-refractivity contribution in [1.82, 2.24) is 0 Å². The molecule has 0 unspecified atom stereocenters. The summed E-state index contributed by atoms with van der Waals surface area (Å²) in [6.07, 6.45) is 1.08. The number of methoxy groups -OCH3 is 1. The first kappa shape index (κ1) is 24.3. The number of hydrogen-bond acceptors (Lipinski definition) is 6. The molecule has 0 saturated carbocycles. The topological polar surface area (TPSA) is 68.3 Å². The lowest BCUT2D eigenvalue weighted by Crippen LogP contribution is -2.37. The first-order valence-electron chi connectivity index (χ1n) is 12.0. The number of halogens is 1. The number of carbonyl (C=O) groups excluding carboxylic acids is 2. The van der Waals surface area contributed by atoms with E-state index in [9.17, 15) is 9.59 Å². The molecule has 0 aliphatic carbocycles.